The van der Waals surface area contributed by atoms with E-state index in [0.717, 1.165) is 58.7 Å². The van der Waals surface area contributed by atoms with Crippen molar-refractivity contribution in [3.05, 3.63) is 29.6 Å². The van der Waals surface area contributed by atoms with Crippen LogP contribution in [0, 0.1) is 5.82 Å². The number of anilines is 1. The van der Waals surface area contributed by atoms with Crippen molar-refractivity contribution in [2.45, 2.75) is 38.3 Å². The fraction of sp³-hybridized carbons (Fsp3) is 0.650. The molecule has 3 heterocycles. The molecule has 3 saturated heterocycles. The SMILES string of the molecule is CCN1CCN(c2ccc(C(=O)N3CCC4CCC(C3)N4)cc2F)CC1.Cl.Cl. The number of likely N-dealkylation sites (N-methyl/N-ethyl adjacent to an activating group) is 1. The lowest BCUT2D eigenvalue weighted by Crippen LogP contribution is -2.46. The van der Waals surface area contributed by atoms with Gasteiger partial charge in [-0.1, -0.05) is 6.92 Å². The summed E-state index contributed by atoms with van der Waals surface area (Å²) in [7, 11) is 0. The molecule has 0 aliphatic carbocycles. The van der Waals surface area contributed by atoms with Gasteiger partial charge >= 0.3 is 0 Å². The lowest BCUT2D eigenvalue weighted by Gasteiger charge is -2.35. The number of hydrogen-bond donors (Lipinski definition) is 1. The summed E-state index contributed by atoms with van der Waals surface area (Å²) in [6, 6.07) is 5.94. The number of fused-ring (bicyclic) bond motifs is 2. The van der Waals surface area contributed by atoms with E-state index in [1.54, 1.807) is 12.1 Å². The van der Waals surface area contributed by atoms with Crippen LogP contribution in [0.1, 0.15) is 36.5 Å². The molecule has 3 aliphatic heterocycles. The Bertz CT molecular complexity index is 670. The first-order chi connectivity index (χ1) is 12.6. The van der Waals surface area contributed by atoms with E-state index in [-0.39, 0.29) is 36.5 Å². The third-order valence-corrected chi connectivity index (χ3v) is 6.17. The highest BCUT2D eigenvalue weighted by atomic mass is 35.5. The first-order valence-electron chi connectivity index (χ1n) is 9.96. The minimum Gasteiger partial charge on any atom is -0.367 e. The van der Waals surface area contributed by atoms with Gasteiger partial charge < -0.3 is 20.0 Å². The molecule has 28 heavy (non-hydrogen) atoms. The van der Waals surface area contributed by atoms with E-state index in [1.165, 1.54) is 12.5 Å². The average molecular weight is 433 g/mol. The van der Waals surface area contributed by atoms with Gasteiger partial charge in [-0.25, -0.2) is 4.39 Å². The number of halogens is 3. The Balaban J connectivity index is 0.00000140. The monoisotopic (exact) mass is 432 g/mol. The Morgan fingerprint density at radius 3 is 2.46 bits per heavy atom. The number of nitrogens with one attached hydrogen (secondary N) is 1. The predicted molar refractivity (Wildman–Crippen MR) is 116 cm³/mol. The largest absolute Gasteiger partial charge is 0.367 e. The third-order valence-electron chi connectivity index (χ3n) is 6.17. The van der Waals surface area contributed by atoms with Crippen molar-refractivity contribution >= 4 is 36.4 Å². The topological polar surface area (TPSA) is 38.8 Å². The van der Waals surface area contributed by atoms with Crippen molar-refractivity contribution in [3.8, 4) is 0 Å². The molecule has 5 nitrogen and oxygen atoms in total. The van der Waals surface area contributed by atoms with Gasteiger partial charge in [-0.3, -0.25) is 4.79 Å². The van der Waals surface area contributed by atoms with Gasteiger partial charge in [0.2, 0.25) is 0 Å². The van der Waals surface area contributed by atoms with Crippen molar-refractivity contribution in [2.24, 2.45) is 0 Å². The van der Waals surface area contributed by atoms with Gasteiger partial charge in [0.25, 0.3) is 5.91 Å². The van der Waals surface area contributed by atoms with Crippen LogP contribution in [-0.2, 0) is 0 Å². The molecule has 0 spiro atoms. The number of piperazine rings is 1. The van der Waals surface area contributed by atoms with Gasteiger partial charge in [-0.2, -0.15) is 0 Å². The molecule has 4 rings (SSSR count). The number of amides is 1. The Labute approximate surface area is 179 Å². The van der Waals surface area contributed by atoms with Crippen LogP contribution < -0.4 is 10.2 Å². The zero-order valence-electron chi connectivity index (χ0n) is 16.4. The zero-order valence-corrected chi connectivity index (χ0v) is 18.0. The van der Waals surface area contributed by atoms with E-state index in [0.29, 0.717) is 23.3 Å². The second-order valence-corrected chi connectivity index (χ2v) is 7.77. The highest BCUT2D eigenvalue weighted by Crippen LogP contribution is 2.25. The van der Waals surface area contributed by atoms with E-state index in [9.17, 15) is 9.18 Å². The van der Waals surface area contributed by atoms with E-state index < -0.39 is 0 Å². The minimum atomic E-state index is -0.282. The summed E-state index contributed by atoms with van der Waals surface area (Å²) in [6.07, 6.45) is 3.33. The van der Waals surface area contributed by atoms with Gasteiger partial charge in [0.15, 0.2) is 0 Å². The maximum absolute atomic E-state index is 14.7. The van der Waals surface area contributed by atoms with Crippen LogP contribution in [0.4, 0.5) is 10.1 Å². The van der Waals surface area contributed by atoms with Gasteiger partial charge in [0.05, 0.1) is 5.69 Å². The van der Waals surface area contributed by atoms with E-state index in [1.807, 2.05) is 4.90 Å². The molecule has 0 radical (unpaired) electrons. The molecule has 3 fully saturated rings. The summed E-state index contributed by atoms with van der Waals surface area (Å²) in [6.45, 7) is 8.27. The van der Waals surface area contributed by atoms with E-state index in [2.05, 4.69) is 22.0 Å². The van der Waals surface area contributed by atoms with Crippen LogP contribution in [0.25, 0.3) is 0 Å². The van der Waals surface area contributed by atoms with Crippen molar-refractivity contribution in [2.75, 3.05) is 50.7 Å². The summed E-state index contributed by atoms with van der Waals surface area (Å²) in [4.78, 5) is 19.2. The predicted octanol–water partition coefficient (Wildman–Crippen LogP) is 2.78. The van der Waals surface area contributed by atoms with Crippen molar-refractivity contribution in [3.63, 3.8) is 0 Å². The molecule has 1 aromatic carbocycles. The smallest absolute Gasteiger partial charge is 0.254 e. The van der Waals surface area contributed by atoms with E-state index >= 15 is 0 Å². The second kappa shape index (κ2) is 10.1. The summed E-state index contributed by atoms with van der Waals surface area (Å²) in [5, 5.41) is 3.58. The Hall–Kier alpha value is -1.08. The van der Waals surface area contributed by atoms with Crippen LogP contribution >= 0.6 is 24.8 Å². The van der Waals surface area contributed by atoms with Crippen LogP contribution in [0.2, 0.25) is 0 Å². The number of rotatable bonds is 3. The Morgan fingerprint density at radius 2 is 1.79 bits per heavy atom. The van der Waals surface area contributed by atoms with Crippen molar-refractivity contribution in [1.29, 1.82) is 0 Å². The molecule has 2 unspecified atom stereocenters. The molecule has 158 valence electrons. The lowest BCUT2D eigenvalue weighted by molar-refractivity contribution is 0.0747. The maximum Gasteiger partial charge on any atom is 0.254 e. The highest BCUT2D eigenvalue weighted by Gasteiger charge is 2.31. The molecule has 3 aliphatic rings. The Kier molecular flexibility index (Phi) is 8.37. The first kappa shape index (κ1) is 23.2. The number of carbonyl (C=O) groups is 1. The van der Waals surface area contributed by atoms with Crippen LogP contribution in [0.15, 0.2) is 18.2 Å². The molecule has 8 heteroatoms. The average Bonchev–Trinajstić information content (AvgIpc) is 3.00. The molecule has 2 bridgehead atoms. The zero-order chi connectivity index (χ0) is 18.1. The van der Waals surface area contributed by atoms with Gasteiger partial charge in [-0.05, 0) is 44.0 Å². The third kappa shape index (κ3) is 4.90. The van der Waals surface area contributed by atoms with Crippen molar-refractivity contribution in [1.82, 2.24) is 15.1 Å². The summed E-state index contributed by atoms with van der Waals surface area (Å²) < 4.78 is 14.7. The number of hydrogen-bond acceptors (Lipinski definition) is 4. The maximum atomic E-state index is 14.7. The van der Waals surface area contributed by atoms with Crippen LogP contribution in [0.5, 0.6) is 0 Å². The molecule has 1 amide bonds. The lowest BCUT2D eigenvalue weighted by atomic mass is 10.1. The van der Waals surface area contributed by atoms with Gasteiger partial charge in [0, 0.05) is 56.9 Å². The molecular formula is C20H31Cl2FN4O. The fourth-order valence-corrected chi connectivity index (χ4v) is 4.51. The molecule has 0 saturated carbocycles. The molecule has 0 aromatic heterocycles. The van der Waals surface area contributed by atoms with Crippen LogP contribution in [-0.4, -0.2) is 73.6 Å². The van der Waals surface area contributed by atoms with Gasteiger partial charge in [0.1, 0.15) is 5.82 Å². The number of benzene rings is 1. The van der Waals surface area contributed by atoms with E-state index in [4.69, 9.17) is 0 Å². The van der Waals surface area contributed by atoms with Gasteiger partial charge in [-0.15, -0.1) is 24.8 Å². The molecule has 1 aromatic rings. The normalized spacial score (nSPS) is 24.9. The molecular weight excluding hydrogens is 402 g/mol. The fourth-order valence-electron chi connectivity index (χ4n) is 4.51. The minimum absolute atomic E-state index is 0. The summed E-state index contributed by atoms with van der Waals surface area (Å²) >= 11 is 0. The summed E-state index contributed by atoms with van der Waals surface area (Å²) in [5.41, 5.74) is 1.09. The number of carbonyl (C=O) groups excluding carboxylic acids is 1. The first-order valence-corrected chi connectivity index (χ1v) is 9.96. The molecule has 1 N–H and O–H groups in total. The quantitative estimate of drug-likeness (QED) is 0.796. The molecule has 2 atom stereocenters. The second-order valence-electron chi connectivity index (χ2n) is 7.77. The Morgan fingerprint density at radius 1 is 1.07 bits per heavy atom. The number of likely N-dealkylation sites (tertiary alicyclic amines) is 1. The number of nitrogens with zero attached hydrogens (tertiary/aromatic N) is 3. The van der Waals surface area contributed by atoms with Crippen LogP contribution in [0.3, 0.4) is 0 Å². The van der Waals surface area contributed by atoms with Crippen molar-refractivity contribution < 1.29 is 9.18 Å². The highest BCUT2D eigenvalue weighted by molar-refractivity contribution is 5.94. The standard InChI is InChI=1S/C20H29FN4O.2ClH/c1-2-23-9-11-24(12-10-23)19-6-3-15(13-18(19)21)20(26)25-8-7-16-4-5-17(14-25)22-16;;/h3,6,13,16-17,22H,2,4-5,7-12,14H2,1H3;2*1H. The summed E-state index contributed by atoms with van der Waals surface area (Å²) in [5.74, 6) is -0.323.